The molecule has 2 heterocycles. The molecule has 1 fully saturated rings. The summed E-state index contributed by atoms with van der Waals surface area (Å²) >= 11 is 0. The Morgan fingerprint density at radius 2 is 1.13 bits per heavy atom. The van der Waals surface area contributed by atoms with Crippen LogP contribution >= 0.6 is 0 Å². The van der Waals surface area contributed by atoms with E-state index in [2.05, 4.69) is 4.98 Å². The molecule has 0 aliphatic carbocycles. The molecule has 11 heteroatoms. The Balaban J connectivity index is 1.52. The number of nitrogens with zero attached hydrogens (tertiary/aromatic N) is 1. The topological polar surface area (TPSA) is 143 Å². The molecule has 1 saturated heterocycles. The van der Waals surface area contributed by atoms with Crippen LogP contribution in [0.2, 0.25) is 0 Å². The quantitative estimate of drug-likeness (QED) is 0.231. The van der Waals surface area contributed by atoms with Gasteiger partial charge in [0.05, 0.1) is 16.7 Å². The number of aromatic amines is 1. The Kier molecular flexibility index (Phi) is 9.10. The van der Waals surface area contributed by atoms with Crippen LogP contribution in [0.3, 0.4) is 0 Å². The first-order valence-corrected chi connectivity index (χ1v) is 14.3. The molecule has 1 N–H and O–H groups in total. The van der Waals surface area contributed by atoms with Gasteiger partial charge in [0.1, 0.15) is 12.7 Å². The van der Waals surface area contributed by atoms with E-state index in [-0.39, 0.29) is 22.3 Å². The smallest absolute Gasteiger partial charge is 0.338 e. The van der Waals surface area contributed by atoms with E-state index in [1.54, 1.807) is 72.8 Å². The van der Waals surface area contributed by atoms with E-state index in [9.17, 15) is 24.0 Å². The van der Waals surface area contributed by atoms with Crippen molar-refractivity contribution >= 4 is 17.9 Å². The van der Waals surface area contributed by atoms with Gasteiger partial charge in [-0.15, -0.1) is 0 Å². The monoisotopic (exact) mass is 612 g/mol. The van der Waals surface area contributed by atoms with Crippen molar-refractivity contribution in [1.82, 2.24) is 9.55 Å². The molecule has 1 aliphatic heterocycles. The Bertz CT molecular complexity index is 1820. The summed E-state index contributed by atoms with van der Waals surface area (Å²) in [4.78, 5) is 66.9. The van der Waals surface area contributed by atoms with Gasteiger partial charge in [0.15, 0.2) is 18.4 Å². The number of esters is 3. The van der Waals surface area contributed by atoms with E-state index in [0.29, 0.717) is 0 Å². The molecule has 0 radical (unpaired) electrons. The fourth-order valence-corrected chi connectivity index (χ4v) is 4.80. The molecule has 1 aliphatic rings. The van der Waals surface area contributed by atoms with Crippen LogP contribution in [-0.4, -0.2) is 52.4 Å². The van der Waals surface area contributed by atoms with E-state index in [4.69, 9.17) is 18.9 Å². The van der Waals surface area contributed by atoms with Crippen LogP contribution in [-0.2, 0) is 18.9 Å². The number of ether oxygens (including phenoxy) is 4. The minimum absolute atomic E-state index is 0.185. The zero-order valence-electron chi connectivity index (χ0n) is 25.1. The Morgan fingerprint density at radius 1 is 0.689 bits per heavy atom. The minimum Gasteiger partial charge on any atom is -0.459 e. The highest BCUT2D eigenvalue weighted by Gasteiger charge is 2.51. The fourth-order valence-electron chi connectivity index (χ4n) is 4.80. The molecule has 3 aromatic carbocycles. The first-order chi connectivity index (χ1) is 21.5. The van der Waals surface area contributed by atoms with Gasteiger partial charge in [0.2, 0.25) is 0 Å². The second kappa shape index (κ2) is 13.1. The number of carbonyl (C=O) groups is 3. The summed E-state index contributed by atoms with van der Waals surface area (Å²) < 4.78 is 24.6. The molecule has 0 amide bonds. The molecule has 0 unspecified atom stereocenters. The highest BCUT2D eigenvalue weighted by atomic mass is 16.7. The van der Waals surface area contributed by atoms with Gasteiger partial charge in [0.25, 0.3) is 5.56 Å². The van der Waals surface area contributed by atoms with Crippen LogP contribution in [0.25, 0.3) is 0 Å². The van der Waals surface area contributed by atoms with Gasteiger partial charge in [0, 0.05) is 11.8 Å². The van der Waals surface area contributed by atoms with E-state index >= 15 is 0 Å². The van der Waals surface area contributed by atoms with Crippen molar-refractivity contribution in [3.05, 3.63) is 139 Å². The van der Waals surface area contributed by atoms with Crippen LogP contribution < -0.4 is 11.2 Å². The molecule has 232 valence electrons. The number of rotatable bonds is 8. The van der Waals surface area contributed by atoms with Crippen LogP contribution in [0.15, 0.2) is 88.6 Å². The SMILES string of the molecule is Cc1ccc(C(=O)OC[C@@H]2O[C@H](n3cc(C)c(=O)[nH]c3=O)[C@H](OC(=O)c3ccc(C)cc3)[C@@H]2OC(=O)c2ccc(C)cc2)cc1. The number of nitrogens with one attached hydrogen (secondary N) is 1. The number of aryl methyl sites for hydroxylation is 4. The number of hydrogen-bond donors (Lipinski definition) is 1. The van der Waals surface area contributed by atoms with Crippen molar-refractivity contribution in [2.45, 2.75) is 52.2 Å². The van der Waals surface area contributed by atoms with E-state index in [0.717, 1.165) is 21.3 Å². The Labute approximate surface area is 258 Å². The maximum absolute atomic E-state index is 13.4. The lowest BCUT2D eigenvalue weighted by molar-refractivity contribution is -0.0640. The van der Waals surface area contributed by atoms with Crippen molar-refractivity contribution in [2.24, 2.45) is 0 Å². The second-order valence-electron chi connectivity index (χ2n) is 11.0. The average Bonchev–Trinajstić information content (AvgIpc) is 3.34. The van der Waals surface area contributed by atoms with Gasteiger partial charge in [-0.2, -0.15) is 0 Å². The molecule has 0 bridgehead atoms. The number of benzene rings is 3. The highest BCUT2D eigenvalue weighted by Crippen LogP contribution is 2.35. The van der Waals surface area contributed by atoms with Crippen molar-refractivity contribution in [3.63, 3.8) is 0 Å². The summed E-state index contributed by atoms with van der Waals surface area (Å²) in [6.07, 6.45) is -3.99. The minimum atomic E-state index is -1.39. The van der Waals surface area contributed by atoms with Gasteiger partial charge in [-0.05, 0) is 64.1 Å². The lowest BCUT2D eigenvalue weighted by atomic mass is 10.1. The van der Waals surface area contributed by atoms with Crippen molar-refractivity contribution in [2.75, 3.05) is 6.61 Å². The van der Waals surface area contributed by atoms with E-state index in [1.165, 1.54) is 13.1 Å². The number of aromatic nitrogens is 2. The molecule has 11 nitrogen and oxygen atoms in total. The van der Waals surface area contributed by atoms with E-state index < -0.39 is 60.3 Å². The van der Waals surface area contributed by atoms with Crippen LogP contribution in [0.5, 0.6) is 0 Å². The standard InChI is InChI=1S/C34H32N2O9/c1-19-5-11-23(12-6-19)31(38)42-18-26-27(44-32(39)24-13-7-20(2)8-14-24)28(45-33(40)25-15-9-21(3)10-16-25)30(43-26)36-17-22(4)29(37)35-34(36)41/h5-17,26-28,30H,18H2,1-4H3,(H,35,37,41)/t26-,27+,28+,30-/m0/s1. The molecule has 45 heavy (non-hydrogen) atoms. The molecule has 0 saturated carbocycles. The van der Waals surface area contributed by atoms with Gasteiger partial charge in [-0.3, -0.25) is 14.3 Å². The summed E-state index contributed by atoms with van der Waals surface area (Å²) in [7, 11) is 0. The zero-order valence-corrected chi connectivity index (χ0v) is 25.1. The average molecular weight is 613 g/mol. The third-order valence-corrected chi connectivity index (χ3v) is 7.43. The normalized spacial score (nSPS) is 19.1. The molecule has 0 spiro atoms. The zero-order chi connectivity index (χ0) is 32.2. The number of hydrogen-bond acceptors (Lipinski definition) is 9. The highest BCUT2D eigenvalue weighted by molar-refractivity contribution is 5.91. The van der Waals surface area contributed by atoms with Crippen molar-refractivity contribution in [1.29, 1.82) is 0 Å². The maximum atomic E-state index is 13.4. The largest absolute Gasteiger partial charge is 0.459 e. The van der Waals surface area contributed by atoms with E-state index in [1.807, 2.05) is 20.8 Å². The number of H-pyrrole nitrogens is 1. The second-order valence-corrected chi connectivity index (χ2v) is 11.0. The van der Waals surface area contributed by atoms with Crippen molar-refractivity contribution < 1.29 is 33.3 Å². The predicted octanol–water partition coefficient (Wildman–Crippen LogP) is 3.98. The first-order valence-electron chi connectivity index (χ1n) is 14.3. The molecule has 1 aromatic heterocycles. The summed E-state index contributed by atoms with van der Waals surface area (Å²) in [5, 5.41) is 0. The lowest BCUT2D eigenvalue weighted by Gasteiger charge is -2.25. The van der Waals surface area contributed by atoms with Gasteiger partial charge < -0.3 is 18.9 Å². The summed E-state index contributed by atoms with van der Waals surface area (Å²) in [6.45, 7) is 6.70. The van der Waals surface area contributed by atoms with Gasteiger partial charge >= 0.3 is 23.6 Å². The molecule has 4 atom stereocenters. The Morgan fingerprint density at radius 3 is 1.62 bits per heavy atom. The van der Waals surface area contributed by atoms with Crippen LogP contribution in [0.4, 0.5) is 0 Å². The van der Waals surface area contributed by atoms with Crippen molar-refractivity contribution in [3.8, 4) is 0 Å². The van der Waals surface area contributed by atoms with Gasteiger partial charge in [-0.25, -0.2) is 19.2 Å². The Hall–Kier alpha value is -5.29. The summed E-state index contributed by atoms with van der Waals surface area (Å²) in [5.74, 6) is -2.17. The fraction of sp³-hybridized carbons (Fsp3) is 0.265. The summed E-state index contributed by atoms with van der Waals surface area (Å²) in [6, 6.07) is 20.0. The molecular weight excluding hydrogens is 580 g/mol. The molecular formula is C34H32N2O9. The lowest BCUT2D eigenvalue weighted by Crippen LogP contribution is -2.43. The molecule has 5 rings (SSSR count). The number of carbonyl (C=O) groups excluding carboxylic acids is 3. The first kappa shape index (κ1) is 31.1. The summed E-state index contributed by atoms with van der Waals surface area (Å²) in [5.41, 5.74) is 2.26. The molecule has 4 aromatic rings. The maximum Gasteiger partial charge on any atom is 0.338 e. The van der Waals surface area contributed by atoms with Crippen LogP contribution in [0.1, 0.15) is 59.6 Å². The van der Waals surface area contributed by atoms with Gasteiger partial charge in [-0.1, -0.05) is 53.1 Å². The third kappa shape index (κ3) is 7.10. The van der Waals surface area contributed by atoms with Crippen LogP contribution in [0, 0.1) is 27.7 Å². The predicted molar refractivity (Wildman–Crippen MR) is 162 cm³/mol. The third-order valence-electron chi connectivity index (χ3n) is 7.43.